The van der Waals surface area contributed by atoms with E-state index in [1.807, 2.05) is 5.38 Å². The van der Waals surface area contributed by atoms with Gasteiger partial charge in [0.05, 0.1) is 5.51 Å². The summed E-state index contributed by atoms with van der Waals surface area (Å²) in [5.41, 5.74) is 1.79. The molecule has 1 aromatic rings. The highest BCUT2D eigenvalue weighted by molar-refractivity contribution is 7.07. The lowest BCUT2D eigenvalue weighted by molar-refractivity contribution is -0.139. The van der Waals surface area contributed by atoms with Gasteiger partial charge in [-0.15, -0.1) is 11.3 Å². The molecule has 0 saturated carbocycles. The van der Waals surface area contributed by atoms with E-state index in [9.17, 15) is 9.59 Å². The van der Waals surface area contributed by atoms with Gasteiger partial charge in [0.25, 0.3) is 5.91 Å². The second-order valence-electron chi connectivity index (χ2n) is 2.46. The van der Waals surface area contributed by atoms with Crippen LogP contribution in [0.5, 0.6) is 0 Å². The molecule has 0 atom stereocenters. The Bertz CT molecular complexity index is 238. The zero-order chi connectivity index (χ0) is 9.52. The number of ketones is 1. The molecule has 13 heavy (non-hydrogen) atoms. The van der Waals surface area contributed by atoms with Crippen LogP contribution in [0, 0.1) is 0 Å². The number of nitrogens with one attached hydrogen (secondary N) is 1. The molecule has 1 saturated heterocycles. The summed E-state index contributed by atoms with van der Waals surface area (Å²) in [5.74, 6) is -0.701. The molecule has 0 aromatic carbocycles. The largest absolute Gasteiger partial charge is 0.349 e. The first-order chi connectivity index (χ1) is 6.30. The predicted octanol–water partition coefficient (Wildman–Crippen LogP) is 0.609. The molecule has 70 valence electrons. The lowest BCUT2D eigenvalue weighted by Gasteiger charge is -2.07. The van der Waals surface area contributed by atoms with Crippen molar-refractivity contribution in [2.75, 3.05) is 6.54 Å². The number of carbonyl (C=O) groups excluding carboxylic acids is 2. The molecule has 1 N–H and O–H groups in total. The maximum atomic E-state index is 10.4. The van der Waals surface area contributed by atoms with E-state index in [1.54, 1.807) is 23.0 Å². The zero-order valence-corrected chi connectivity index (χ0v) is 7.84. The molecule has 1 fully saturated rings. The third kappa shape index (κ3) is 3.80. The SMILES string of the molecule is O=C1CCCNC1=O.c1cscn1. The number of piperidine rings is 1. The van der Waals surface area contributed by atoms with Crippen LogP contribution in [-0.2, 0) is 9.59 Å². The number of nitrogens with zero attached hydrogens (tertiary/aromatic N) is 1. The van der Waals surface area contributed by atoms with Crippen LogP contribution >= 0.6 is 11.3 Å². The van der Waals surface area contributed by atoms with Crippen molar-refractivity contribution in [3.05, 3.63) is 17.1 Å². The van der Waals surface area contributed by atoms with Crippen molar-refractivity contribution < 1.29 is 9.59 Å². The number of hydrogen-bond donors (Lipinski definition) is 1. The van der Waals surface area contributed by atoms with E-state index in [1.165, 1.54) is 0 Å². The maximum Gasteiger partial charge on any atom is 0.287 e. The van der Waals surface area contributed by atoms with E-state index >= 15 is 0 Å². The van der Waals surface area contributed by atoms with Gasteiger partial charge in [-0.05, 0) is 6.42 Å². The minimum atomic E-state index is -0.420. The van der Waals surface area contributed by atoms with E-state index in [4.69, 9.17) is 0 Å². The monoisotopic (exact) mass is 198 g/mol. The summed E-state index contributed by atoms with van der Waals surface area (Å²) in [5, 5.41) is 4.37. The number of aromatic nitrogens is 1. The highest BCUT2D eigenvalue weighted by Crippen LogP contribution is 1.94. The van der Waals surface area contributed by atoms with Crippen molar-refractivity contribution in [2.45, 2.75) is 12.8 Å². The molecular weight excluding hydrogens is 188 g/mol. The smallest absolute Gasteiger partial charge is 0.287 e. The number of thiazole rings is 1. The molecule has 0 unspecified atom stereocenters. The van der Waals surface area contributed by atoms with Crippen LogP contribution in [0.4, 0.5) is 0 Å². The van der Waals surface area contributed by atoms with Crippen molar-refractivity contribution in [2.24, 2.45) is 0 Å². The van der Waals surface area contributed by atoms with Crippen LogP contribution in [0.2, 0.25) is 0 Å². The van der Waals surface area contributed by atoms with E-state index in [0.29, 0.717) is 13.0 Å². The fraction of sp³-hybridized carbons (Fsp3) is 0.375. The molecule has 0 bridgehead atoms. The summed E-state index contributed by atoms with van der Waals surface area (Å²) in [6.45, 7) is 0.657. The van der Waals surface area contributed by atoms with Gasteiger partial charge in [-0.1, -0.05) is 0 Å². The standard InChI is InChI=1S/C5H7NO2.C3H3NS/c7-4-2-1-3-6-5(4)8;1-2-5-3-4-1/h1-3H2,(H,6,8);1-3H. The molecule has 2 rings (SSSR count). The predicted molar refractivity (Wildman–Crippen MR) is 49.4 cm³/mol. The molecule has 0 spiro atoms. The Morgan fingerprint density at radius 3 is 2.62 bits per heavy atom. The van der Waals surface area contributed by atoms with Crippen molar-refractivity contribution in [1.82, 2.24) is 10.3 Å². The first-order valence-corrected chi connectivity index (χ1v) is 4.88. The van der Waals surface area contributed by atoms with Crippen molar-refractivity contribution in [3.63, 3.8) is 0 Å². The van der Waals surface area contributed by atoms with Crippen LogP contribution in [0.15, 0.2) is 17.1 Å². The van der Waals surface area contributed by atoms with Crippen molar-refractivity contribution in [1.29, 1.82) is 0 Å². The van der Waals surface area contributed by atoms with Crippen molar-refractivity contribution >= 4 is 23.0 Å². The van der Waals surface area contributed by atoms with Crippen LogP contribution in [-0.4, -0.2) is 23.2 Å². The van der Waals surface area contributed by atoms with E-state index < -0.39 is 5.91 Å². The molecule has 1 aliphatic heterocycles. The van der Waals surface area contributed by atoms with Crippen LogP contribution < -0.4 is 5.32 Å². The minimum Gasteiger partial charge on any atom is -0.349 e. The fourth-order valence-electron chi connectivity index (χ4n) is 0.839. The summed E-state index contributed by atoms with van der Waals surface area (Å²) < 4.78 is 0. The molecule has 1 aliphatic rings. The molecule has 2 heterocycles. The first kappa shape index (κ1) is 9.85. The molecule has 5 heteroatoms. The average molecular weight is 198 g/mol. The molecular formula is C8H10N2O2S. The van der Waals surface area contributed by atoms with Crippen LogP contribution in [0.1, 0.15) is 12.8 Å². The average Bonchev–Trinajstić information content (AvgIpc) is 2.68. The van der Waals surface area contributed by atoms with Gasteiger partial charge in [-0.25, -0.2) is 0 Å². The lowest BCUT2D eigenvalue weighted by Crippen LogP contribution is -2.36. The Balaban J connectivity index is 0.000000145. The highest BCUT2D eigenvalue weighted by Gasteiger charge is 2.16. The van der Waals surface area contributed by atoms with Crippen LogP contribution in [0.25, 0.3) is 0 Å². The number of rotatable bonds is 0. The van der Waals surface area contributed by atoms with E-state index in [0.717, 1.165) is 6.42 Å². The normalized spacial score (nSPS) is 15.7. The Kier molecular flexibility index (Phi) is 4.11. The van der Waals surface area contributed by atoms with Gasteiger partial charge in [0.2, 0.25) is 5.78 Å². The van der Waals surface area contributed by atoms with Gasteiger partial charge in [0.15, 0.2) is 0 Å². The summed E-state index contributed by atoms with van der Waals surface area (Å²) in [6.07, 6.45) is 2.99. The quantitative estimate of drug-likeness (QED) is 0.621. The van der Waals surface area contributed by atoms with Gasteiger partial charge in [0.1, 0.15) is 0 Å². The molecule has 4 nitrogen and oxygen atoms in total. The Morgan fingerprint density at radius 1 is 1.46 bits per heavy atom. The fourth-order valence-corrected chi connectivity index (χ4v) is 1.19. The number of hydrogen-bond acceptors (Lipinski definition) is 4. The van der Waals surface area contributed by atoms with Gasteiger partial charge in [-0.2, -0.15) is 0 Å². The summed E-state index contributed by atoms with van der Waals surface area (Å²) in [4.78, 5) is 24.5. The van der Waals surface area contributed by atoms with Crippen molar-refractivity contribution in [3.8, 4) is 0 Å². The minimum absolute atomic E-state index is 0.281. The lowest BCUT2D eigenvalue weighted by atomic mass is 10.1. The van der Waals surface area contributed by atoms with Gasteiger partial charge in [0, 0.05) is 24.5 Å². The Hall–Kier alpha value is -1.23. The first-order valence-electron chi connectivity index (χ1n) is 3.94. The molecule has 1 aromatic heterocycles. The van der Waals surface area contributed by atoms with Crippen LogP contribution in [0.3, 0.4) is 0 Å². The van der Waals surface area contributed by atoms with Gasteiger partial charge < -0.3 is 5.32 Å². The summed E-state index contributed by atoms with van der Waals surface area (Å²) in [7, 11) is 0. The molecule has 0 aliphatic carbocycles. The number of amides is 1. The summed E-state index contributed by atoms with van der Waals surface area (Å²) in [6, 6.07) is 0. The van der Waals surface area contributed by atoms with E-state index in [2.05, 4.69) is 10.3 Å². The Morgan fingerprint density at radius 2 is 2.31 bits per heavy atom. The van der Waals surface area contributed by atoms with E-state index in [-0.39, 0.29) is 5.78 Å². The van der Waals surface area contributed by atoms with Gasteiger partial charge in [-0.3, -0.25) is 14.6 Å². The topological polar surface area (TPSA) is 59.1 Å². The number of Topliss-reactive ketones (excluding diaryl/α,β-unsaturated/α-hetero) is 1. The second kappa shape index (κ2) is 5.42. The zero-order valence-electron chi connectivity index (χ0n) is 7.03. The molecule has 0 radical (unpaired) electrons. The third-order valence-corrected chi connectivity index (χ3v) is 1.99. The highest BCUT2D eigenvalue weighted by atomic mass is 32.1. The second-order valence-corrected chi connectivity index (χ2v) is 3.21. The number of carbonyl (C=O) groups is 2. The third-order valence-electron chi connectivity index (χ3n) is 1.47. The maximum absolute atomic E-state index is 10.4. The van der Waals surface area contributed by atoms with Gasteiger partial charge >= 0.3 is 0 Å². The summed E-state index contributed by atoms with van der Waals surface area (Å²) >= 11 is 1.60. The Labute approximate surface area is 80.0 Å². The molecule has 1 amide bonds.